The number of hydrogen-bond acceptors (Lipinski definition) is 1. The predicted octanol–water partition coefficient (Wildman–Crippen LogP) is 2.30. The third-order valence-electron chi connectivity index (χ3n) is 2.80. The van der Waals surface area contributed by atoms with Crippen molar-refractivity contribution in [3.63, 3.8) is 0 Å². The number of nitrogens with one attached hydrogen (secondary N) is 1. The van der Waals surface area contributed by atoms with Crippen molar-refractivity contribution in [1.29, 1.82) is 0 Å². The maximum atomic E-state index is 13.4. The summed E-state index contributed by atoms with van der Waals surface area (Å²) >= 11 is 5.91. The van der Waals surface area contributed by atoms with Crippen LogP contribution in [0.25, 0.3) is 0 Å². The fourth-order valence-corrected chi connectivity index (χ4v) is 1.92. The summed E-state index contributed by atoms with van der Waals surface area (Å²) in [5, 5.41) is 3.16. The Kier molecular flexibility index (Phi) is 2.65. The fraction of sp³-hybridized carbons (Fsp3) is 0.364. The second-order valence-electron chi connectivity index (χ2n) is 3.92. The average Bonchev–Trinajstić information content (AvgIpc) is 2.93. The molecule has 0 aliphatic heterocycles. The van der Waals surface area contributed by atoms with Crippen LogP contribution in [0.15, 0.2) is 18.2 Å². The van der Waals surface area contributed by atoms with Crippen molar-refractivity contribution in [2.24, 2.45) is 0 Å². The first-order valence-corrected chi connectivity index (χ1v) is 5.19. The molecule has 0 aromatic heterocycles. The molecule has 1 N–H and O–H groups in total. The van der Waals surface area contributed by atoms with Crippen LogP contribution in [0, 0.1) is 5.82 Å². The van der Waals surface area contributed by atoms with Gasteiger partial charge in [0.1, 0.15) is 5.82 Å². The highest BCUT2D eigenvalue weighted by Gasteiger charge is 2.43. The lowest BCUT2D eigenvalue weighted by Crippen LogP contribution is -2.32. The molecule has 2 nitrogen and oxygen atoms in total. The van der Waals surface area contributed by atoms with Gasteiger partial charge in [-0.05, 0) is 31.4 Å². The van der Waals surface area contributed by atoms with Crippen LogP contribution in [0.5, 0.6) is 0 Å². The third kappa shape index (κ3) is 2.12. The number of halogens is 2. The number of hydrogen-bond donors (Lipinski definition) is 1. The van der Waals surface area contributed by atoms with Gasteiger partial charge in [-0.3, -0.25) is 4.79 Å². The minimum Gasteiger partial charge on any atom is -0.353 e. The van der Waals surface area contributed by atoms with Crippen LogP contribution in [0.3, 0.4) is 0 Å². The van der Waals surface area contributed by atoms with Gasteiger partial charge in [-0.15, -0.1) is 0 Å². The number of carbonyl (C=O) groups is 1. The van der Waals surface area contributed by atoms with E-state index >= 15 is 0 Å². The van der Waals surface area contributed by atoms with Gasteiger partial charge in [-0.1, -0.05) is 17.7 Å². The van der Waals surface area contributed by atoms with Crippen LogP contribution in [0.2, 0.25) is 5.02 Å². The molecule has 15 heavy (non-hydrogen) atoms. The molecule has 1 fully saturated rings. The van der Waals surface area contributed by atoms with E-state index in [2.05, 4.69) is 5.32 Å². The van der Waals surface area contributed by atoms with Gasteiger partial charge in [0.05, 0.1) is 0 Å². The molecule has 0 bridgehead atoms. The molecule has 1 aliphatic rings. The number of amides is 1. The highest BCUT2D eigenvalue weighted by atomic mass is 35.5. The topological polar surface area (TPSA) is 29.1 Å². The van der Waals surface area contributed by atoms with Crippen LogP contribution in [0.1, 0.15) is 18.4 Å². The molecule has 80 valence electrons. The van der Waals surface area contributed by atoms with Crippen LogP contribution in [-0.2, 0) is 11.2 Å². The lowest BCUT2D eigenvalue weighted by molar-refractivity contribution is -0.110. The zero-order valence-electron chi connectivity index (χ0n) is 8.09. The lowest BCUT2D eigenvalue weighted by Gasteiger charge is -2.15. The molecule has 1 amide bonds. The Morgan fingerprint density at radius 1 is 1.53 bits per heavy atom. The molecule has 0 heterocycles. The maximum Gasteiger partial charge on any atom is 0.207 e. The van der Waals surface area contributed by atoms with Crippen LogP contribution in [-0.4, -0.2) is 11.9 Å². The molecule has 0 spiro atoms. The van der Waals surface area contributed by atoms with Gasteiger partial charge >= 0.3 is 0 Å². The Morgan fingerprint density at radius 2 is 2.27 bits per heavy atom. The van der Waals surface area contributed by atoms with Gasteiger partial charge < -0.3 is 5.32 Å². The van der Waals surface area contributed by atoms with Gasteiger partial charge in [0.2, 0.25) is 6.41 Å². The Balaban J connectivity index is 2.20. The van der Waals surface area contributed by atoms with Gasteiger partial charge in [-0.2, -0.15) is 0 Å². The largest absolute Gasteiger partial charge is 0.353 e. The number of carbonyl (C=O) groups excluding carboxylic acids is 1. The number of rotatable bonds is 4. The Hall–Kier alpha value is -1.09. The quantitative estimate of drug-likeness (QED) is 0.786. The summed E-state index contributed by atoms with van der Waals surface area (Å²) < 4.78 is 13.4. The monoisotopic (exact) mass is 227 g/mol. The normalized spacial score (nSPS) is 17.2. The van der Waals surface area contributed by atoms with Crippen molar-refractivity contribution in [3.8, 4) is 0 Å². The van der Waals surface area contributed by atoms with Gasteiger partial charge in [0, 0.05) is 16.1 Å². The third-order valence-corrected chi connectivity index (χ3v) is 3.15. The van der Waals surface area contributed by atoms with Gasteiger partial charge in [0.25, 0.3) is 0 Å². The summed E-state index contributed by atoms with van der Waals surface area (Å²) in [6, 6.07) is 4.63. The molecule has 2 rings (SSSR count). The SMILES string of the molecule is O=CNC1(Cc2c(F)cccc2Cl)CC1. The van der Waals surface area contributed by atoms with E-state index in [-0.39, 0.29) is 11.4 Å². The van der Waals surface area contributed by atoms with Gasteiger partial charge in [-0.25, -0.2) is 4.39 Å². The smallest absolute Gasteiger partial charge is 0.207 e. The summed E-state index contributed by atoms with van der Waals surface area (Å²) in [5.74, 6) is -0.304. The van der Waals surface area contributed by atoms with E-state index in [0.29, 0.717) is 23.4 Å². The standard InChI is InChI=1S/C11H11ClFNO/c12-9-2-1-3-10(13)8(9)6-11(4-5-11)14-7-15/h1-3,7H,4-6H2,(H,14,15). The van der Waals surface area contributed by atoms with E-state index in [1.807, 2.05) is 0 Å². The lowest BCUT2D eigenvalue weighted by atomic mass is 10.0. The first kappa shape index (κ1) is 10.4. The molecule has 0 radical (unpaired) electrons. The second-order valence-corrected chi connectivity index (χ2v) is 4.33. The highest BCUT2D eigenvalue weighted by molar-refractivity contribution is 6.31. The van der Waals surface area contributed by atoms with E-state index in [9.17, 15) is 9.18 Å². The van der Waals surface area contributed by atoms with Crippen molar-refractivity contribution in [1.82, 2.24) is 5.32 Å². The molecule has 1 saturated carbocycles. The average molecular weight is 228 g/mol. The molecular weight excluding hydrogens is 217 g/mol. The van der Waals surface area contributed by atoms with Crippen molar-refractivity contribution in [2.45, 2.75) is 24.8 Å². The summed E-state index contributed by atoms with van der Waals surface area (Å²) in [6.07, 6.45) is 2.91. The second kappa shape index (κ2) is 3.81. The summed E-state index contributed by atoms with van der Waals surface area (Å²) in [5.41, 5.74) is 0.235. The van der Waals surface area contributed by atoms with Crippen molar-refractivity contribution >= 4 is 18.0 Å². The van der Waals surface area contributed by atoms with Crippen molar-refractivity contribution in [3.05, 3.63) is 34.6 Å². The summed E-state index contributed by atoms with van der Waals surface area (Å²) in [4.78, 5) is 10.4. The molecule has 0 saturated heterocycles. The number of benzene rings is 1. The van der Waals surface area contributed by atoms with E-state index in [4.69, 9.17) is 11.6 Å². The molecule has 0 atom stereocenters. The first-order valence-electron chi connectivity index (χ1n) is 4.81. The molecular formula is C11H11ClFNO. The molecule has 1 aromatic carbocycles. The highest BCUT2D eigenvalue weighted by Crippen LogP contribution is 2.40. The minimum absolute atomic E-state index is 0.256. The maximum absolute atomic E-state index is 13.4. The Bertz CT molecular complexity index is 370. The molecule has 4 heteroatoms. The molecule has 1 aliphatic carbocycles. The summed E-state index contributed by atoms with van der Waals surface area (Å²) in [7, 11) is 0. The van der Waals surface area contributed by atoms with E-state index in [0.717, 1.165) is 12.8 Å². The zero-order chi connectivity index (χ0) is 10.9. The van der Waals surface area contributed by atoms with Crippen LogP contribution in [0.4, 0.5) is 4.39 Å². The van der Waals surface area contributed by atoms with Crippen LogP contribution < -0.4 is 5.32 Å². The van der Waals surface area contributed by atoms with Crippen LogP contribution >= 0.6 is 11.6 Å². The molecule has 1 aromatic rings. The zero-order valence-corrected chi connectivity index (χ0v) is 8.85. The van der Waals surface area contributed by atoms with Crippen molar-refractivity contribution in [2.75, 3.05) is 0 Å². The van der Waals surface area contributed by atoms with E-state index < -0.39 is 0 Å². The fourth-order valence-electron chi connectivity index (χ4n) is 1.69. The van der Waals surface area contributed by atoms with Crippen molar-refractivity contribution < 1.29 is 9.18 Å². The predicted molar refractivity (Wildman–Crippen MR) is 56.3 cm³/mol. The Morgan fingerprint density at radius 3 is 2.80 bits per heavy atom. The van der Waals surface area contributed by atoms with E-state index in [1.54, 1.807) is 12.1 Å². The summed E-state index contributed by atoms with van der Waals surface area (Å²) in [6.45, 7) is 0. The Labute approximate surface area is 92.4 Å². The minimum atomic E-state index is -0.304. The van der Waals surface area contributed by atoms with E-state index in [1.165, 1.54) is 6.07 Å². The van der Waals surface area contributed by atoms with Gasteiger partial charge in [0.15, 0.2) is 0 Å². The molecule has 0 unspecified atom stereocenters. The first-order chi connectivity index (χ1) is 7.17.